The molecule has 0 amide bonds. The first kappa shape index (κ1) is 9.56. The molecule has 0 heterocycles. The fraction of sp³-hybridized carbons (Fsp3) is 0.900. The summed E-state index contributed by atoms with van der Waals surface area (Å²) in [7, 11) is 0. The Balaban J connectivity index is 1.91. The van der Waals surface area contributed by atoms with Crippen LogP contribution in [-0.2, 0) is 9.53 Å². The van der Waals surface area contributed by atoms with Crippen LogP contribution in [0, 0.1) is 11.8 Å². The third-order valence-electron chi connectivity index (χ3n) is 2.08. The summed E-state index contributed by atoms with van der Waals surface area (Å²) in [5.74, 6) is 0.993. The molecule has 2 heteroatoms. The third kappa shape index (κ3) is 3.74. The molecule has 0 bridgehead atoms. The van der Waals surface area contributed by atoms with Gasteiger partial charge >= 0.3 is 5.97 Å². The van der Waals surface area contributed by atoms with Crippen LogP contribution in [0.3, 0.4) is 0 Å². The van der Waals surface area contributed by atoms with Gasteiger partial charge in [-0.15, -0.1) is 0 Å². The summed E-state index contributed by atoms with van der Waals surface area (Å²) >= 11 is 0. The van der Waals surface area contributed by atoms with Crippen LogP contribution in [0.1, 0.15) is 39.5 Å². The van der Waals surface area contributed by atoms with Crippen molar-refractivity contribution in [3.8, 4) is 0 Å². The van der Waals surface area contributed by atoms with Crippen molar-refractivity contribution in [2.75, 3.05) is 6.61 Å². The van der Waals surface area contributed by atoms with Gasteiger partial charge in [0.05, 0.1) is 12.5 Å². The lowest BCUT2D eigenvalue weighted by molar-refractivity contribution is -0.145. The molecule has 70 valence electrons. The Morgan fingerprint density at radius 1 is 1.50 bits per heavy atom. The van der Waals surface area contributed by atoms with E-state index >= 15 is 0 Å². The highest BCUT2D eigenvalue weighted by atomic mass is 16.5. The smallest absolute Gasteiger partial charge is 0.308 e. The highest BCUT2D eigenvalue weighted by molar-refractivity contribution is 5.74. The Kier molecular flexibility index (Phi) is 3.57. The average molecular weight is 170 g/mol. The Morgan fingerprint density at radius 3 is 2.67 bits per heavy atom. The summed E-state index contributed by atoms with van der Waals surface area (Å²) in [5, 5.41) is 0. The zero-order valence-electron chi connectivity index (χ0n) is 8.01. The quantitative estimate of drug-likeness (QED) is 0.467. The summed E-state index contributed by atoms with van der Waals surface area (Å²) in [4.78, 5) is 11.0. The van der Waals surface area contributed by atoms with Gasteiger partial charge in [0, 0.05) is 0 Å². The second-order valence-corrected chi connectivity index (χ2v) is 3.98. The molecule has 0 radical (unpaired) electrons. The van der Waals surface area contributed by atoms with Gasteiger partial charge in [-0.05, 0) is 31.6 Å². The zero-order valence-corrected chi connectivity index (χ0v) is 8.01. The van der Waals surface area contributed by atoms with Gasteiger partial charge in [-0.2, -0.15) is 0 Å². The number of hydrogen-bond acceptors (Lipinski definition) is 2. The molecule has 0 atom stereocenters. The molecule has 0 aliphatic heterocycles. The number of carbonyl (C=O) groups excluding carboxylic acids is 1. The van der Waals surface area contributed by atoms with Gasteiger partial charge in [0.2, 0.25) is 0 Å². The van der Waals surface area contributed by atoms with Gasteiger partial charge in [0.15, 0.2) is 0 Å². The molecule has 0 spiro atoms. The fourth-order valence-electron chi connectivity index (χ4n) is 1.10. The molecular formula is C10H18O2. The summed E-state index contributed by atoms with van der Waals surface area (Å²) < 4.78 is 5.08. The highest BCUT2D eigenvalue weighted by Gasteiger charge is 2.30. The van der Waals surface area contributed by atoms with Crippen molar-refractivity contribution in [1.82, 2.24) is 0 Å². The maximum atomic E-state index is 11.0. The molecule has 1 saturated carbocycles. The minimum atomic E-state index is 0.0266. The van der Waals surface area contributed by atoms with E-state index in [9.17, 15) is 4.79 Å². The van der Waals surface area contributed by atoms with E-state index in [1.165, 1.54) is 0 Å². The van der Waals surface area contributed by atoms with E-state index in [0.29, 0.717) is 12.5 Å². The van der Waals surface area contributed by atoms with Crippen molar-refractivity contribution in [2.24, 2.45) is 11.8 Å². The van der Waals surface area contributed by atoms with Crippen molar-refractivity contribution in [3.63, 3.8) is 0 Å². The first-order valence-corrected chi connectivity index (χ1v) is 4.87. The van der Waals surface area contributed by atoms with Crippen LogP contribution < -0.4 is 0 Å². The lowest BCUT2D eigenvalue weighted by atomic mass is 10.1. The summed E-state index contributed by atoms with van der Waals surface area (Å²) in [6.45, 7) is 4.99. The SMILES string of the molecule is CC(C)CCCOC(=O)C1CC1. The second kappa shape index (κ2) is 4.48. The second-order valence-electron chi connectivity index (χ2n) is 3.98. The maximum Gasteiger partial charge on any atom is 0.308 e. The lowest BCUT2D eigenvalue weighted by Gasteiger charge is -2.05. The van der Waals surface area contributed by atoms with Gasteiger partial charge < -0.3 is 4.74 Å². The minimum absolute atomic E-state index is 0.0266. The predicted molar refractivity (Wildman–Crippen MR) is 47.8 cm³/mol. The number of ether oxygens (including phenoxy) is 1. The number of hydrogen-bond donors (Lipinski definition) is 0. The molecule has 0 saturated heterocycles. The van der Waals surface area contributed by atoms with Crippen LogP contribution in [0.25, 0.3) is 0 Å². The first-order valence-electron chi connectivity index (χ1n) is 4.87. The summed E-state index contributed by atoms with van der Waals surface area (Å²) in [5.41, 5.74) is 0. The number of rotatable bonds is 5. The Labute approximate surface area is 74.3 Å². The van der Waals surface area contributed by atoms with Crippen LogP contribution in [0.2, 0.25) is 0 Å². The van der Waals surface area contributed by atoms with E-state index in [4.69, 9.17) is 4.74 Å². The van der Waals surface area contributed by atoms with E-state index in [1.807, 2.05) is 0 Å². The number of esters is 1. The fourth-order valence-corrected chi connectivity index (χ4v) is 1.10. The van der Waals surface area contributed by atoms with Crippen LogP contribution in [0.15, 0.2) is 0 Å². The van der Waals surface area contributed by atoms with Gasteiger partial charge in [-0.1, -0.05) is 13.8 Å². The van der Waals surface area contributed by atoms with Crippen molar-refractivity contribution in [3.05, 3.63) is 0 Å². The van der Waals surface area contributed by atoms with E-state index in [1.54, 1.807) is 0 Å². The monoisotopic (exact) mass is 170 g/mol. The molecule has 1 aliphatic rings. The lowest BCUT2D eigenvalue weighted by Crippen LogP contribution is -2.08. The largest absolute Gasteiger partial charge is 0.465 e. The molecule has 0 aromatic rings. The molecule has 0 aromatic carbocycles. The zero-order chi connectivity index (χ0) is 8.97. The first-order chi connectivity index (χ1) is 5.70. The Hall–Kier alpha value is -0.530. The van der Waals surface area contributed by atoms with Crippen LogP contribution in [-0.4, -0.2) is 12.6 Å². The minimum Gasteiger partial charge on any atom is -0.465 e. The Bertz CT molecular complexity index is 148. The van der Waals surface area contributed by atoms with Crippen LogP contribution in [0.4, 0.5) is 0 Å². The number of carbonyl (C=O) groups is 1. The molecule has 1 aliphatic carbocycles. The van der Waals surface area contributed by atoms with Gasteiger partial charge in [-0.25, -0.2) is 0 Å². The third-order valence-corrected chi connectivity index (χ3v) is 2.08. The van der Waals surface area contributed by atoms with E-state index in [0.717, 1.165) is 25.7 Å². The van der Waals surface area contributed by atoms with E-state index < -0.39 is 0 Å². The standard InChI is InChI=1S/C10H18O2/c1-8(2)4-3-7-12-10(11)9-5-6-9/h8-9H,3-7H2,1-2H3. The van der Waals surface area contributed by atoms with E-state index in [-0.39, 0.29) is 11.9 Å². The van der Waals surface area contributed by atoms with Crippen molar-refractivity contribution in [2.45, 2.75) is 39.5 Å². The molecule has 12 heavy (non-hydrogen) atoms. The molecular weight excluding hydrogens is 152 g/mol. The van der Waals surface area contributed by atoms with Crippen LogP contribution in [0.5, 0.6) is 0 Å². The van der Waals surface area contributed by atoms with Crippen molar-refractivity contribution < 1.29 is 9.53 Å². The molecule has 1 rings (SSSR count). The van der Waals surface area contributed by atoms with Crippen molar-refractivity contribution >= 4 is 5.97 Å². The normalized spacial score (nSPS) is 16.6. The summed E-state index contributed by atoms with van der Waals surface area (Å²) in [6.07, 6.45) is 4.25. The van der Waals surface area contributed by atoms with Crippen molar-refractivity contribution in [1.29, 1.82) is 0 Å². The van der Waals surface area contributed by atoms with E-state index in [2.05, 4.69) is 13.8 Å². The highest BCUT2D eigenvalue weighted by Crippen LogP contribution is 2.30. The molecule has 0 aromatic heterocycles. The molecule has 1 fully saturated rings. The Morgan fingerprint density at radius 2 is 2.17 bits per heavy atom. The molecule has 2 nitrogen and oxygen atoms in total. The summed E-state index contributed by atoms with van der Waals surface area (Å²) in [6, 6.07) is 0. The van der Waals surface area contributed by atoms with Crippen LogP contribution >= 0.6 is 0 Å². The maximum absolute atomic E-state index is 11.0. The molecule has 0 N–H and O–H groups in total. The van der Waals surface area contributed by atoms with Gasteiger partial charge in [0.1, 0.15) is 0 Å². The molecule has 0 unspecified atom stereocenters. The van der Waals surface area contributed by atoms with Gasteiger partial charge in [0.25, 0.3) is 0 Å². The predicted octanol–water partition coefficient (Wildman–Crippen LogP) is 2.38. The average Bonchev–Trinajstić information content (AvgIpc) is 2.79. The van der Waals surface area contributed by atoms with Gasteiger partial charge in [-0.3, -0.25) is 4.79 Å². The topological polar surface area (TPSA) is 26.3 Å².